The first kappa shape index (κ1) is 50.8. The number of hydrogen-bond donors (Lipinski definition) is 1. The summed E-state index contributed by atoms with van der Waals surface area (Å²) < 4.78 is 16.3. The molecule has 0 bridgehead atoms. The Labute approximate surface area is 371 Å². The maximum Gasteiger partial charge on any atom is 0.337 e. The van der Waals surface area contributed by atoms with Crippen LogP contribution in [0.4, 0.5) is 0 Å². The second-order valence-corrected chi connectivity index (χ2v) is 15.5. The zero-order chi connectivity index (χ0) is 39.5. The first-order chi connectivity index (χ1) is 27.6. The van der Waals surface area contributed by atoms with Crippen molar-refractivity contribution >= 4 is 11.9 Å². The van der Waals surface area contributed by atoms with Crippen LogP contribution in [0, 0.1) is 0 Å². The average molecular weight is 926 g/mol. The van der Waals surface area contributed by atoms with Crippen molar-refractivity contribution in [2.24, 2.45) is 0 Å². The highest BCUT2D eigenvalue weighted by molar-refractivity contribution is 6.00. The first-order valence-corrected chi connectivity index (χ1v) is 22.1. The molecule has 3 aromatic rings. The summed E-state index contributed by atoms with van der Waals surface area (Å²) in [4.78, 5) is 28.9. The highest BCUT2D eigenvalue weighted by atomic mass is 79.9. The van der Waals surface area contributed by atoms with Gasteiger partial charge in [0.2, 0.25) is 0 Å². The Bertz CT molecular complexity index is 1500. The van der Waals surface area contributed by atoms with Crippen molar-refractivity contribution in [3.8, 4) is 0 Å². The van der Waals surface area contributed by atoms with Gasteiger partial charge in [-0.2, -0.15) is 9.13 Å². The first-order valence-electron chi connectivity index (χ1n) is 22.1. The van der Waals surface area contributed by atoms with Crippen molar-refractivity contribution < 1.29 is 62.2 Å². The fourth-order valence-corrected chi connectivity index (χ4v) is 7.63. The maximum absolute atomic E-state index is 14.4. The molecule has 1 aliphatic rings. The van der Waals surface area contributed by atoms with E-state index >= 15 is 0 Å². The molecule has 7 nitrogen and oxygen atoms in total. The molecule has 0 spiro atoms. The predicted molar refractivity (Wildman–Crippen MR) is 225 cm³/mol. The van der Waals surface area contributed by atoms with Crippen LogP contribution in [0.2, 0.25) is 0 Å². The van der Waals surface area contributed by atoms with Gasteiger partial charge in [0.25, 0.3) is 0 Å². The zero-order valence-corrected chi connectivity index (χ0v) is 38.7. The van der Waals surface area contributed by atoms with Crippen molar-refractivity contribution in [1.82, 2.24) is 5.32 Å². The number of allylic oxidation sites excluding steroid dienone is 2. The van der Waals surface area contributed by atoms with Crippen LogP contribution < -0.4 is 48.4 Å². The molecule has 2 aromatic heterocycles. The minimum atomic E-state index is -0.656. The quantitative estimate of drug-likeness (QED) is 0.0617. The number of unbranched alkanes of at least 4 members (excludes halogenated alkanes) is 18. The summed E-state index contributed by atoms with van der Waals surface area (Å²) in [5, 5.41) is 3.61. The molecular formula is C49H71Br2N3O4. The monoisotopic (exact) mass is 923 g/mol. The van der Waals surface area contributed by atoms with Gasteiger partial charge >= 0.3 is 11.9 Å². The summed E-state index contributed by atoms with van der Waals surface area (Å²) >= 11 is 0. The number of nitrogens with zero attached hydrogens (tertiary/aromatic N) is 2. The van der Waals surface area contributed by atoms with Gasteiger partial charge in [0.05, 0.1) is 41.7 Å². The second kappa shape index (κ2) is 31.6. The van der Waals surface area contributed by atoms with E-state index in [1.165, 1.54) is 89.9 Å². The number of benzene rings is 1. The molecule has 0 radical (unpaired) electrons. The summed E-state index contributed by atoms with van der Waals surface area (Å²) in [5.41, 5.74) is 3.23. The van der Waals surface area contributed by atoms with Crippen LogP contribution in [-0.2, 0) is 32.2 Å². The Hall–Kier alpha value is -3.30. The molecule has 4 rings (SSSR count). The minimum Gasteiger partial charge on any atom is -1.00 e. The molecule has 9 heteroatoms. The highest BCUT2D eigenvalue weighted by Gasteiger charge is 2.41. The Morgan fingerprint density at radius 1 is 0.483 bits per heavy atom. The molecule has 3 heterocycles. The van der Waals surface area contributed by atoms with Crippen molar-refractivity contribution in [2.45, 2.75) is 161 Å². The van der Waals surface area contributed by atoms with E-state index in [4.69, 9.17) is 9.47 Å². The number of hydrogen-bond acceptors (Lipinski definition) is 5. The molecule has 0 atom stereocenters. The van der Waals surface area contributed by atoms with Crippen LogP contribution in [-0.4, -0.2) is 25.2 Å². The van der Waals surface area contributed by atoms with Crippen molar-refractivity contribution in [1.29, 1.82) is 0 Å². The van der Waals surface area contributed by atoms with E-state index < -0.39 is 5.92 Å². The largest absolute Gasteiger partial charge is 1.00 e. The third kappa shape index (κ3) is 18.7. The number of esters is 2. The van der Waals surface area contributed by atoms with Crippen LogP contribution >= 0.6 is 0 Å². The van der Waals surface area contributed by atoms with Gasteiger partial charge in [-0.3, -0.25) is 0 Å². The Kier molecular flexibility index (Phi) is 27.7. The van der Waals surface area contributed by atoms with Gasteiger partial charge < -0.3 is 48.8 Å². The molecule has 0 aliphatic carbocycles. The molecule has 0 fully saturated rings. The van der Waals surface area contributed by atoms with Gasteiger partial charge in [0, 0.05) is 24.3 Å². The standard InChI is InChI=1S/C49H70N3O4.2BrH/c1-3-5-7-9-11-13-15-17-19-30-38-55-48(53)46-43(40-51-34-26-22-27-35-51)50-44(41-52-36-28-23-29-37-52)47(45(46)42-32-24-21-25-33-42)49(54)56-39-31-20-18-16-14-12-10-8-6-4-2;;/h21-29,32-37,45H,3-20,30-31,38-41H2,1-2H3;2*1H/q+1;;/p-1. The third-order valence-electron chi connectivity index (χ3n) is 10.8. The number of aromatic nitrogens is 2. The van der Waals surface area contributed by atoms with E-state index in [-0.39, 0.29) is 45.9 Å². The number of halogens is 2. The molecule has 0 saturated carbocycles. The molecule has 1 aliphatic heterocycles. The fraction of sp³-hybridized carbons (Fsp3) is 0.551. The lowest BCUT2D eigenvalue weighted by Crippen LogP contribution is -3.00. The molecule has 1 aromatic carbocycles. The van der Waals surface area contributed by atoms with E-state index in [0.29, 0.717) is 37.4 Å². The van der Waals surface area contributed by atoms with Gasteiger partial charge in [0.15, 0.2) is 37.9 Å². The molecule has 58 heavy (non-hydrogen) atoms. The normalized spacial score (nSPS) is 12.7. The number of carbonyl (C=O) groups excluding carboxylic acids is 2. The molecule has 0 unspecified atom stereocenters. The van der Waals surface area contributed by atoms with E-state index in [1.54, 1.807) is 0 Å². The summed E-state index contributed by atoms with van der Waals surface area (Å²) in [5.74, 6) is -1.43. The van der Waals surface area contributed by atoms with Gasteiger partial charge in [0.1, 0.15) is 0 Å². The smallest absolute Gasteiger partial charge is 0.337 e. The summed E-state index contributed by atoms with van der Waals surface area (Å²) in [7, 11) is 0. The Morgan fingerprint density at radius 2 is 0.810 bits per heavy atom. The molecule has 0 saturated heterocycles. The van der Waals surface area contributed by atoms with E-state index in [0.717, 1.165) is 55.5 Å². The lowest BCUT2D eigenvalue weighted by atomic mass is 9.80. The number of dihydropyridines is 1. The highest BCUT2D eigenvalue weighted by Crippen LogP contribution is 2.40. The van der Waals surface area contributed by atoms with Crippen LogP contribution in [0.15, 0.2) is 114 Å². The average Bonchev–Trinajstić information content (AvgIpc) is 3.22. The van der Waals surface area contributed by atoms with E-state index in [1.807, 2.05) is 101 Å². The summed E-state index contributed by atoms with van der Waals surface area (Å²) in [6.07, 6.45) is 32.1. The van der Waals surface area contributed by atoms with Crippen LogP contribution in [0.1, 0.15) is 154 Å². The van der Waals surface area contributed by atoms with Crippen molar-refractivity contribution in [3.05, 3.63) is 120 Å². The van der Waals surface area contributed by atoms with Gasteiger partial charge in [-0.1, -0.05) is 172 Å². The number of nitrogens with one attached hydrogen (secondary N) is 1. The zero-order valence-electron chi connectivity index (χ0n) is 35.5. The Balaban J connectivity index is 0.00000580. The molecule has 320 valence electrons. The van der Waals surface area contributed by atoms with Crippen LogP contribution in [0.25, 0.3) is 0 Å². The lowest BCUT2D eigenvalue weighted by molar-refractivity contribution is -0.692. The predicted octanol–water partition coefficient (Wildman–Crippen LogP) is 4.79. The minimum absolute atomic E-state index is 0. The van der Waals surface area contributed by atoms with Crippen LogP contribution in [0.3, 0.4) is 0 Å². The van der Waals surface area contributed by atoms with Crippen LogP contribution in [0.5, 0.6) is 0 Å². The fourth-order valence-electron chi connectivity index (χ4n) is 7.63. The van der Waals surface area contributed by atoms with Crippen molar-refractivity contribution in [2.75, 3.05) is 13.2 Å². The second-order valence-electron chi connectivity index (χ2n) is 15.5. The number of pyridine rings is 2. The Morgan fingerprint density at radius 3 is 1.17 bits per heavy atom. The number of rotatable bonds is 29. The number of carbonyl (C=O) groups is 2. The molecule has 0 amide bonds. The van der Waals surface area contributed by atoms with E-state index in [2.05, 4.69) is 19.2 Å². The molecular weight excluding hydrogens is 854 g/mol. The lowest BCUT2D eigenvalue weighted by Gasteiger charge is -2.31. The number of ether oxygens (including phenoxy) is 2. The third-order valence-corrected chi connectivity index (χ3v) is 10.8. The topological polar surface area (TPSA) is 72.4 Å². The van der Waals surface area contributed by atoms with E-state index in [9.17, 15) is 9.59 Å². The summed E-state index contributed by atoms with van der Waals surface area (Å²) in [6.45, 7) is 6.03. The van der Waals surface area contributed by atoms with Gasteiger partial charge in [-0.25, -0.2) is 9.59 Å². The summed E-state index contributed by atoms with van der Waals surface area (Å²) in [6, 6.07) is 21.8. The molecule has 1 N–H and O–H groups in total. The van der Waals surface area contributed by atoms with Gasteiger partial charge in [-0.15, -0.1) is 0 Å². The SMILES string of the molecule is CCCCCCCCCCCCOC(=O)C1=C(C[n+]2ccccc2)NC(C[n+]2ccccc2)=C(C(=O)OCCCCCCCCCCCC)C1c1ccccc1.[Br-].[Br-]. The maximum atomic E-state index is 14.4. The van der Waals surface area contributed by atoms with Crippen molar-refractivity contribution in [3.63, 3.8) is 0 Å². The van der Waals surface area contributed by atoms with Gasteiger partial charge in [-0.05, 0) is 18.4 Å².